The lowest BCUT2D eigenvalue weighted by molar-refractivity contribution is -0.0633. The van der Waals surface area contributed by atoms with Gasteiger partial charge in [0.1, 0.15) is 11.9 Å². The van der Waals surface area contributed by atoms with Gasteiger partial charge in [-0.1, -0.05) is 17.3 Å². The second-order valence-electron chi connectivity index (χ2n) is 5.77. The van der Waals surface area contributed by atoms with Crippen molar-refractivity contribution in [2.45, 2.75) is 25.0 Å². The van der Waals surface area contributed by atoms with Crippen molar-refractivity contribution in [3.8, 4) is 17.1 Å². The van der Waals surface area contributed by atoms with Crippen LogP contribution in [0.3, 0.4) is 0 Å². The van der Waals surface area contributed by atoms with E-state index in [-0.39, 0.29) is 6.10 Å². The van der Waals surface area contributed by atoms with E-state index in [0.29, 0.717) is 17.8 Å². The standard InChI is InChI=1S/C16H19N3O3/c1-20-13-7-3-2-6-12(13)15-17-16(22-18-15)14-9-19-8-4-5-11(19)10-21-14/h2-3,6-7,11,14H,4-5,8-10H2,1H3. The highest BCUT2D eigenvalue weighted by Crippen LogP contribution is 2.32. The molecule has 2 atom stereocenters. The van der Waals surface area contributed by atoms with Crippen molar-refractivity contribution in [2.75, 3.05) is 26.8 Å². The number of para-hydroxylation sites is 1. The minimum absolute atomic E-state index is 0.134. The minimum atomic E-state index is -0.134. The number of morpholine rings is 1. The average Bonchev–Trinajstić information content (AvgIpc) is 3.23. The smallest absolute Gasteiger partial charge is 0.257 e. The lowest BCUT2D eigenvalue weighted by Crippen LogP contribution is -2.42. The summed E-state index contributed by atoms with van der Waals surface area (Å²) >= 11 is 0. The second kappa shape index (κ2) is 5.70. The van der Waals surface area contributed by atoms with Gasteiger partial charge in [0.15, 0.2) is 0 Å². The summed E-state index contributed by atoms with van der Waals surface area (Å²) in [7, 11) is 1.64. The van der Waals surface area contributed by atoms with Crippen molar-refractivity contribution in [1.82, 2.24) is 15.0 Å². The molecule has 1 aromatic heterocycles. The monoisotopic (exact) mass is 301 g/mol. The predicted molar refractivity (Wildman–Crippen MR) is 79.6 cm³/mol. The minimum Gasteiger partial charge on any atom is -0.496 e. The summed E-state index contributed by atoms with van der Waals surface area (Å²) in [5, 5.41) is 4.09. The van der Waals surface area contributed by atoms with Crippen LogP contribution in [-0.4, -0.2) is 47.9 Å². The van der Waals surface area contributed by atoms with Gasteiger partial charge in [-0.15, -0.1) is 0 Å². The fourth-order valence-electron chi connectivity index (χ4n) is 3.27. The average molecular weight is 301 g/mol. The van der Waals surface area contributed by atoms with Crippen molar-refractivity contribution < 1.29 is 14.0 Å². The third-order valence-corrected chi connectivity index (χ3v) is 4.45. The van der Waals surface area contributed by atoms with Crippen molar-refractivity contribution in [2.24, 2.45) is 0 Å². The van der Waals surface area contributed by atoms with Crippen LogP contribution in [-0.2, 0) is 4.74 Å². The van der Waals surface area contributed by atoms with Crippen molar-refractivity contribution in [3.63, 3.8) is 0 Å². The van der Waals surface area contributed by atoms with E-state index in [1.54, 1.807) is 7.11 Å². The van der Waals surface area contributed by atoms with Gasteiger partial charge >= 0.3 is 0 Å². The molecule has 2 aliphatic rings. The van der Waals surface area contributed by atoms with Crippen LogP contribution in [0.2, 0.25) is 0 Å². The summed E-state index contributed by atoms with van der Waals surface area (Å²) in [6, 6.07) is 8.22. The molecular weight excluding hydrogens is 282 g/mol. The van der Waals surface area contributed by atoms with Crippen LogP contribution in [0, 0.1) is 0 Å². The Morgan fingerprint density at radius 2 is 2.23 bits per heavy atom. The van der Waals surface area contributed by atoms with E-state index in [0.717, 1.165) is 31.0 Å². The molecule has 0 N–H and O–H groups in total. The highest BCUT2D eigenvalue weighted by Gasteiger charge is 2.35. The van der Waals surface area contributed by atoms with Gasteiger partial charge in [-0.2, -0.15) is 4.98 Å². The maximum Gasteiger partial charge on any atom is 0.257 e. The quantitative estimate of drug-likeness (QED) is 0.867. The van der Waals surface area contributed by atoms with Crippen LogP contribution >= 0.6 is 0 Å². The summed E-state index contributed by atoms with van der Waals surface area (Å²) in [4.78, 5) is 6.98. The highest BCUT2D eigenvalue weighted by atomic mass is 16.5. The molecule has 0 saturated carbocycles. The van der Waals surface area contributed by atoms with E-state index >= 15 is 0 Å². The molecule has 0 bridgehead atoms. The SMILES string of the molecule is COc1ccccc1-c1noc(C2CN3CCCC3CO2)n1. The maximum atomic E-state index is 5.91. The van der Waals surface area contributed by atoms with E-state index in [9.17, 15) is 0 Å². The topological polar surface area (TPSA) is 60.6 Å². The fraction of sp³-hybridized carbons (Fsp3) is 0.500. The summed E-state index contributed by atoms with van der Waals surface area (Å²) in [6.07, 6.45) is 2.34. The summed E-state index contributed by atoms with van der Waals surface area (Å²) in [5.74, 6) is 1.82. The summed E-state index contributed by atoms with van der Waals surface area (Å²) in [5.41, 5.74) is 0.829. The first kappa shape index (κ1) is 13.7. The molecule has 116 valence electrons. The Labute approximate surface area is 129 Å². The number of ether oxygens (including phenoxy) is 2. The molecule has 1 aromatic carbocycles. The number of fused-ring (bicyclic) bond motifs is 1. The van der Waals surface area contributed by atoms with Gasteiger partial charge in [0.05, 0.1) is 19.3 Å². The Bertz CT molecular complexity index is 658. The van der Waals surface area contributed by atoms with Crippen LogP contribution in [0.5, 0.6) is 5.75 Å². The van der Waals surface area contributed by atoms with Crippen LogP contribution in [0.25, 0.3) is 11.4 Å². The Morgan fingerprint density at radius 1 is 1.32 bits per heavy atom. The van der Waals surface area contributed by atoms with Gasteiger partial charge in [-0.05, 0) is 31.5 Å². The van der Waals surface area contributed by atoms with Crippen molar-refractivity contribution >= 4 is 0 Å². The first-order valence-corrected chi connectivity index (χ1v) is 7.68. The largest absolute Gasteiger partial charge is 0.496 e. The molecule has 3 heterocycles. The van der Waals surface area contributed by atoms with Gasteiger partial charge in [0.2, 0.25) is 5.82 Å². The molecular formula is C16H19N3O3. The van der Waals surface area contributed by atoms with E-state index < -0.39 is 0 Å². The van der Waals surface area contributed by atoms with Crippen LogP contribution < -0.4 is 4.74 Å². The molecule has 2 fully saturated rings. The van der Waals surface area contributed by atoms with Crippen LogP contribution in [0.4, 0.5) is 0 Å². The molecule has 2 saturated heterocycles. The van der Waals surface area contributed by atoms with E-state index in [2.05, 4.69) is 15.0 Å². The maximum absolute atomic E-state index is 5.91. The Kier molecular flexibility index (Phi) is 3.56. The summed E-state index contributed by atoms with van der Waals surface area (Å²) < 4.78 is 16.7. The number of benzene rings is 1. The molecule has 0 amide bonds. The lowest BCUT2D eigenvalue weighted by atomic mass is 10.2. The lowest BCUT2D eigenvalue weighted by Gasteiger charge is -2.33. The molecule has 2 aliphatic heterocycles. The van der Waals surface area contributed by atoms with Crippen LogP contribution in [0.15, 0.2) is 28.8 Å². The number of methoxy groups -OCH3 is 1. The normalized spacial score (nSPS) is 25.1. The molecule has 0 radical (unpaired) electrons. The first-order valence-electron chi connectivity index (χ1n) is 7.68. The number of nitrogens with zero attached hydrogens (tertiary/aromatic N) is 3. The summed E-state index contributed by atoms with van der Waals surface area (Å²) in [6.45, 7) is 2.72. The van der Waals surface area contributed by atoms with E-state index in [4.69, 9.17) is 14.0 Å². The van der Waals surface area contributed by atoms with Crippen molar-refractivity contribution in [3.05, 3.63) is 30.2 Å². The van der Waals surface area contributed by atoms with E-state index in [1.807, 2.05) is 24.3 Å². The molecule has 6 heteroatoms. The zero-order valence-electron chi connectivity index (χ0n) is 12.6. The highest BCUT2D eigenvalue weighted by molar-refractivity contribution is 5.63. The van der Waals surface area contributed by atoms with Gasteiger partial charge in [0, 0.05) is 12.6 Å². The number of aromatic nitrogens is 2. The molecule has 22 heavy (non-hydrogen) atoms. The third kappa shape index (κ3) is 2.38. The number of hydrogen-bond acceptors (Lipinski definition) is 6. The third-order valence-electron chi connectivity index (χ3n) is 4.45. The Hall–Kier alpha value is -1.92. The first-order chi connectivity index (χ1) is 10.8. The Balaban J connectivity index is 1.56. The second-order valence-corrected chi connectivity index (χ2v) is 5.77. The van der Waals surface area contributed by atoms with Crippen molar-refractivity contribution in [1.29, 1.82) is 0 Å². The van der Waals surface area contributed by atoms with E-state index in [1.165, 1.54) is 12.8 Å². The molecule has 2 aromatic rings. The molecule has 6 nitrogen and oxygen atoms in total. The number of hydrogen-bond donors (Lipinski definition) is 0. The fourth-order valence-corrected chi connectivity index (χ4v) is 3.27. The van der Waals surface area contributed by atoms with Gasteiger partial charge < -0.3 is 14.0 Å². The van der Waals surface area contributed by atoms with Crippen LogP contribution in [0.1, 0.15) is 24.8 Å². The molecule has 2 unspecified atom stereocenters. The zero-order valence-corrected chi connectivity index (χ0v) is 12.6. The molecule has 4 rings (SSSR count). The number of rotatable bonds is 3. The molecule has 0 spiro atoms. The van der Waals surface area contributed by atoms with Gasteiger partial charge in [-0.25, -0.2) is 0 Å². The predicted octanol–water partition coefficient (Wildman–Crippen LogP) is 2.28. The van der Waals surface area contributed by atoms with Gasteiger partial charge in [0.25, 0.3) is 5.89 Å². The zero-order chi connectivity index (χ0) is 14.9. The van der Waals surface area contributed by atoms with Gasteiger partial charge in [-0.3, -0.25) is 4.90 Å². The Morgan fingerprint density at radius 3 is 3.14 bits per heavy atom. The molecule has 0 aliphatic carbocycles.